The van der Waals surface area contributed by atoms with Gasteiger partial charge in [-0.25, -0.2) is 9.18 Å². The smallest absolute Gasteiger partial charge is 0.328 e. The van der Waals surface area contributed by atoms with E-state index in [1.807, 2.05) is 13.2 Å². The van der Waals surface area contributed by atoms with Gasteiger partial charge in [0, 0.05) is 11.0 Å². The van der Waals surface area contributed by atoms with Crippen LogP contribution in [0.5, 0.6) is 0 Å². The van der Waals surface area contributed by atoms with Crippen LogP contribution in [0.25, 0.3) is 11.1 Å². The first-order valence-electron chi connectivity index (χ1n) is 7.57. The second kappa shape index (κ2) is 6.65. The van der Waals surface area contributed by atoms with Crippen LogP contribution in [0.2, 0.25) is 0 Å². The van der Waals surface area contributed by atoms with Gasteiger partial charge in [-0.15, -0.1) is 11.8 Å². The third-order valence-corrected chi connectivity index (χ3v) is 5.00. The fourth-order valence-corrected chi connectivity index (χ4v) is 3.46. The van der Waals surface area contributed by atoms with Crippen molar-refractivity contribution in [3.05, 3.63) is 76.6 Å². The zero-order valence-corrected chi connectivity index (χ0v) is 14.3. The van der Waals surface area contributed by atoms with Crippen molar-refractivity contribution in [1.82, 2.24) is 0 Å². The molecule has 0 spiro atoms. The largest absolute Gasteiger partial charge is 0.478 e. The molecule has 0 heterocycles. The molecule has 0 atom stereocenters. The molecule has 2 aromatic carbocycles. The van der Waals surface area contributed by atoms with E-state index >= 15 is 0 Å². The van der Waals surface area contributed by atoms with Gasteiger partial charge in [0.05, 0.1) is 0 Å². The highest BCUT2D eigenvalue weighted by atomic mass is 32.2. The summed E-state index contributed by atoms with van der Waals surface area (Å²) in [6, 6.07) is 12.8. The number of carboxylic acids is 1. The second-order valence-electron chi connectivity index (χ2n) is 5.71. The third-order valence-electron chi connectivity index (χ3n) is 4.26. The Kier molecular flexibility index (Phi) is 4.58. The van der Waals surface area contributed by atoms with Crippen LogP contribution in [0.4, 0.5) is 4.39 Å². The van der Waals surface area contributed by atoms with Crippen LogP contribution in [0.3, 0.4) is 0 Å². The summed E-state index contributed by atoms with van der Waals surface area (Å²) >= 11 is 1.68. The van der Waals surface area contributed by atoms with Crippen LogP contribution >= 0.6 is 11.8 Å². The lowest BCUT2D eigenvalue weighted by atomic mass is 9.98. The number of hydrogen-bond donors (Lipinski definition) is 1. The van der Waals surface area contributed by atoms with Crippen molar-refractivity contribution in [2.75, 3.05) is 6.26 Å². The van der Waals surface area contributed by atoms with Gasteiger partial charge in [-0.3, -0.25) is 0 Å². The summed E-state index contributed by atoms with van der Waals surface area (Å²) < 4.78 is 13.7. The van der Waals surface area contributed by atoms with Crippen LogP contribution in [-0.2, 0) is 11.2 Å². The Morgan fingerprint density at radius 3 is 2.50 bits per heavy atom. The molecule has 4 heteroatoms. The number of fused-ring (bicyclic) bond motifs is 1. The minimum absolute atomic E-state index is 0.312. The maximum atomic E-state index is 13.7. The Bertz CT molecular complexity index is 864. The number of carboxylic acid groups (broad SMARTS) is 1. The van der Waals surface area contributed by atoms with Gasteiger partial charge in [0.15, 0.2) is 0 Å². The van der Waals surface area contributed by atoms with Crippen molar-refractivity contribution >= 4 is 28.9 Å². The molecular weight excluding hydrogens is 323 g/mol. The zero-order chi connectivity index (χ0) is 17.3. The summed E-state index contributed by atoms with van der Waals surface area (Å²) in [5.41, 5.74) is 5.23. The monoisotopic (exact) mass is 340 g/mol. The van der Waals surface area contributed by atoms with E-state index in [4.69, 9.17) is 5.11 Å². The standard InChI is InChI=1S/C20H17FO2S/c1-12-17(9-13-3-6-15(24-2)7-4-13)19-10-14(21)5-8-16(19)18(12)11-20(22)23/h3-8,10-11H,9H2,1-2H3,(H,22,23)/b18-11-. The molecule has 0 unspecified atom stereocenters. The van der Waals surface area contributed by atoms with Gasteiger partial charge in [-0.05, 0) is 77.3 Å². The number of halogens is 1. The molecular formula is C20H17FO2S. The lowest BCUT2D eigenvalue weighted by Crippen LogP contribution is -1.92. The topological polar surface area (TPSA) is 37.3 Å². The Balaban J connectivity index is 2.06. The van der Waals surface area contributed by atoms with Crippen molar-refractivity contribution in [3.8, 4) is 0 Å². The maximum Gasteiger partial charge on any atom is 0.328 e. The molecule has 0 radical (unpaired) electrons. The van der Waals surface area contributed by atoms with Crippen molar-refractivity contribution in [2.24, 2.45) is 0 Å². The van der Waals surface area contributed by atoms with Crippen LogP contribution in [0, 0.1) is 5.82 Å². The quantitative estimate of drug-likeness (QED) is 0.625. The molecule has 122 valence electrons. The number of aliphatic carboxylic acids is 1. The average molecular weight is 340 g/mol. The van der Waals surface area contributed by atoms with Crippen molar-refractivity contribution in [1.29, 1.82) is 0 Å². The molecule has 1 N–H and O–H groups in total. The lowest BCUT2D eigenvalue weighted by Gasteiger charge is -2.08. The number of hydrogen-bond acceptors (Lipinski definition) is 2. The number of thioether (sulfide) groups is 1. The molecule has 24 heavy (non-hydrogen) atoms. The molecule has 2 nitrogen and oxygen atoms in total. The highest BCUT2D eigenvalue weighted by Crippen LogP contribution is 2.42. The van der Waals surface area contributed by atoms with E-state index in [0.29, 0.717) is 12.0 Å². The van der Waals surface area contributed by atoms with Gasteiger partial charge < -0.3 is 5.11 Å². The highest BCUT2D eigenvalue weighted by molar-refractivity contribution is 7.98. The Morgan fingerprint density at radius 2 is 1.88 bits per heavy atom. The summed E-state index contributed by atoms with van der Waals surface area (Å²) in [6.07, 6.45) is 3.88. The number of carbonyl (C=O) groups is 1. The fraction of sp³-hybridized carbons (Fsp3) is 0.150. The fourth-order valence-electron chi connectivity index (χ4n) is 3.05. The van der Waals surface area contributed by atoms with E-state index < -0.39 is 5.97 Å². The minimum atomic E-state index is -0.995. The van der Waals surface area contributed by atoms with E-state index in [0.717, 1.165) is 27.8 Å². The van der Waals surface area contributed by atoms with Gasteiger partial charge in [0.2, 0.25) is 0 Å². The lowest BCUT2D eigenvalue weighted by molar-refractivity contribution is -0.131. The molecule has 3 rings (SSSR count). The molecule has 0 bridgehead atoms. The first kappa shape index (κ1) is 16.5. The van der Waals surface area contributed by atoms with Gasteiger partial charge >= 0.3 is 5.97 Å². The van der Waals surface area contributed by atoms with E-state index in [-0.39, 0.29) is 5.82 Å². The Hall–Kier alpha value is -2.33. The van der Waals surface area contributed by atoms with Gasteiger partial charge in [-0.1, -0.05) is 18.2 Å². The summed E-state index contributed by atoms with van der Waals surface area (Å²) in [6.45, 7) is 1.90. The van der Waals surface area contributed by atoms with Gasteiger partial charge in [-0.2, -0.15) is 0 Å². The van der Waals surface area contributed by atoms with Crippen molar-refractivity contribution < 1.29 is 14.3 Å². The van der Waals surface area contributed by atoms with Gasteiger partial charge in [0.25, 0.3) is 0 Å². The van der Waals surface area contributed by atoms with E-state index in [2.05, 4.69) is 24.3 Å². The SMILES string of the molecule is CSc1ccc(CC2=C(C)/C(=C/C(=O)O)c3ccc(F)cc32)cc1. The van der Waals surface area contributed by atoms with Crippen LogP contribution in [0.1, 0.15) is 23.6 Å². The van der Waals surface area contributed by atoms with E-state index in [9.17, 15) is 9.18 Å². The molecule has 0 aliphatic heterocycles. The molecule has 0 aromatic heterocycles. The first-order valence-corrected chi connectivity index (χ1v) is 8.80. The normalized spacial score (nSPS) is 15.0. The van der Waals surface area contributed by atoms with Crippen LogP contribution in [-0.4, -0.2) is 17.3 Å². The summed E-state index contributed by atoms with van der Waals surface area (Å²) in [7, 11) is 0. The van der Waals surface area contributed by atoms with Crippen molar-refractivity contribution in [3.63, 3.8) is 0 Å². The second-order valence-corrected chi connectivity index (χ2v) is 6.59. The number of allylic oxidation sites excluding steroid dienone is 3. The molecule has 2 aromatic rings. The molecule has 0 amide bonds. The molecule has 1 aliphatic carbocycles. The maximum absolute atomic E-state index is 13.7. The third kappa shape index (κ3) is 3.15. The minimum Gasteiger partial charge on any atom is -0.478 e. The summed E-state index contributed by atoms with van der Waals surface area (Å²) in [5.74, 6) is -1.31. The Morgan fingerprint density at radius 1 is 1.17 bits per heavy atom. The predicted octanol–water partition coefficient (Wildman–Crippen LogP) is 5.05. The van der Waals surface area contributed by atoms with Crippen LogP contribution < -0.4 is 0 Å². The molecule has 0 saturated heterocycles. The average Bonchev–Trinajstić information content (AvgIpc) is 2.80. The molecule has 0 saturated carbocycles. The number of rotatable bonds is 4. The molecule has 1 aliphatic rings. The zero-order valence-electron chi connectivity index (χ0n) is 13.5. The molecule has 0 fully saturated rings. The van der Waals surface area contributed by atoms with E-state index in [1.54, 1.807) is 17.8 Å². The van der Waals surface area contributed by atoms with Crippen LogP contribution in [0.15, 0.2) is 59.0 Å². The summed E-state index contributed by atoms with van der Waals surface area (Å²) in [4.78, 5) is 12.3. The Labute approximate surface area is 144 Å². The highest BCUT2D eigenvalue weighted by Gasteiger charge is 2.24. The van der Waals surface area contributed by atoms with E-state index in [1.165, 1.54) is 23.1 Å². The predicted molar refractivity (Wildman–Crippen MR) is 96.5 cm³/mol. The van der Waals surface area contributed by atoms with Crippen molar-refractivity contribution in [2.45, 2.75) is 18.2 Å². The first-order chi connectivity index (χ1) is 11.5. The number of benzene rings is 2. The van der Waals surface area contributed by atoms with Gasteiger partial charge in [0.1, 0.15) is 5.82 Å². The summed E-state index contributed by atoms with van der Waals surface area (Å²) in [5, 5.41) is 9.13.